The Hall–Kier alpha value is -1.59. The van der Waals surface area contributed by atoms with Gasteiger partial charge in [-0.25, -0.2) is 4.63 Å². The van der Waals surface area contributed by atoms with Crippen LogP contribution in [-0.4, -0.2) is 28.7 Å². The summed E-state index contributed by atoms with van der Waals surface area (Å²) in [6, 6.07) is -0.121. The number of carbonyl (C=O) groups is 1. The van der Waals surface area contributed by atoms with Crippen LogP contribution in [0, 0.1) is 0 Å². The number of anilines is 2. The van der Waals surface area contributed by atoms with Gasteiger partial charge in [0.1, 0.15) is 0 Å². The van der Waals surface area contributed by atoms with Gasteiger partial charge in [-0.15, -0.1) is 0 Å². The molecular formula is C8H12N4O2. The van der Waals surface area contributed by atoms with E-state index in [4.69, 9.17) is 5.73 Å². The van der Waals surface area contributed by atoms with Crippen molar-refractivity contribution < 1.29 is 9.42 Å². The van der Waals surface area contributed by atoms with Crippen LogP contribution in [0.3, 0.4) is 0 Å². The SMILES string of the molecule is CC(=O)C1CCCN1c1nonc1N. The van der Waals surface area contributed by atoms with Gasteiger partial charge in [0, 0.05) is 6.54 Å². The molecule has 1 aromatic rings. The molecule has 1 aliphatic heterocycles. The van der Waals surface area contributed by atoms with E-state index in [2.05, 4.69) is 14.9 Å². The lowest BCUT2D eigenvalue weighted by atomic mass is 10.1. The minimum Gasteiger partial charge on any atom is -0.378 e. The summed E-state index contributed by atoms with van der Waals surface area (Å²) >= 11 is 0. The normalized spacial score (nSPS) is 21.5. The first-order valence-corrected chi connectivity index (χ1v) is 4.55. The maximum Gasteiger partial charge on any atom is 0.218 e. The van der Waals surface area contributed by atoms with E-state index >= 15 is 0 Å². The zero-order chi connectivity index (χ0) is 10.1. The van der Waals surface area contributed by atoms with Gasteiger partial charge in [-0.1, -0.05) is 0 Å². The molecule has 0 aromatic carbocycles. The topological polar surface area (TPSA) is 85.2 Å². The molecule has 76 valence electrons. The minimum absolute atomic E-state index is 0.121. The number of hydrogen-bond donors (Lipinski definition) is 1. The van der Waals surface area contributed by atoms with E-state index in [9.17, 15) is 4.79 Å². The summed E-state index contributed by atoms with van der Waals surface area (Å²) in [5.41, 5.74) is 5.56. The van der Waals surface area contributed by atoms with Gasteiger partial charge in [0.2, 0.25) is 11.6 Å². The maximum absolute atomic E-state index is 11.3. The van der Waals surface area contributed by atoms with Crippen molar-refractivity contribution >= 4 is 17.4 Å². The molecule has 0 radical (unpaired) electrons. The van der Waals surface area contributed by atoms with Gasteiger partial charge >= 0.3 is 0 Å². The van der Waals surface area contributed by atoms with Crippen molar-refractivity contribution in [3.8, 4) is 0 Å². The van der Waals surface area contributed by atoms with Gasteiger partial charge < -0.3 is 10.6 Å². The second-order valence-electron chi connectivity index (χ2n) is 3.44. The zero-order valence-electron chi connectivity index (χ0n) is 7.93. The van der Waals surface area contributed by atoms with E-state index in [0.717, 1.165) is 19.4 Å². The van der Waals surface area contributed by atoms with Crippen molar-refractivity contribution in [3.05, 3.63) is 0 Å². The van der Waals surface area contributed by atoms with Crippen molar-refractivity contribution in [2.75, 3.05) is 17.2 Å². The number of rotatable bonds is 2. The Kier molecular flexibility index (Phi) is 2.11. The zero-order valence-corrected chi connectivity index (χ0v) is 7.93. The van der Waals surface area contributed by atoms with Crippen molar-refractivity contribution in [1.82, 2.24) is 10.3 Å². The predicted octanol–water partition coefficient (Wildman–Crippen LogP) is 0.210. The number of carbonyl (C=O) groups excluding carboxylic acids is 1. The molecule has 1 aromatic heterocycles. The van der Waals surface area contributed by atoms with Gasteiger partial charge in [-0.3, -0.25) is 4.79 Å². The third-order valence-electron chi connectivity index (χ3n) is 2.49. The molecule has 2 rings (SSSR count). The first-order valence-electron chi connectivity index (χ1n) is 4.55. The molecule has 0 amide bonds. The fourth-order valence-corrected chi connectivity index (χ4v) is 1.83. The molecule has 1 atom stereocenters. The van der Waals surface area contributed by atoms with Crippen LogP contribution in [0.5, 0.6) is 0 Å². The molecule has 0 spiro atoms. The van der Waals surface area contributed by atoms with E-state index < -0.39 is 0 Å². The Morgan fingerprint density at radius 3 is 3.00 bits per heavy atom. The van der Waals surface area contributed by atoms with Gasteiger partial charge in [0.25, 0.3) is 0 Å². The Balaban J connectivity index is 2.26. The van der Waals surface area contributed by atoms with Gasteiger partial charge in [0.05, 0.1) is 6.04 Å². The number of nitrogen functional groups attached to an aromatic ring is 1. The van der Waals surface area contributed by atoms with E-state index in [0.29, 0.717) is 5.82 Å². The number of aromatic nitrogens is 2. The number of hydrogen-bond acceptors (Lipinski definition) is 6. The summed E-state index contributed by atoms with van der Waals surface area (Å²) < 4.78 is 4.51. The lowest BCUT2D eigenvalue weighted by Crippen LogP contribution is -2.35. The van der Waals surface area contributed by atoms with Crippen molar-refractivity contribution in [3.63, 3.8) is 0 Å². The highest BCUT2D eigenvalue weighted by atomic mass is 16.6. The third-order valence-corrected chi connectivity index (χ3v) is 2.49. The Morgan fingerprint density at radius 2 is 2.43 bits per heavy atom. The third kappa shape index (κ3) is 1.32. The van der Waals surface area contributed by atoms with Gasteiger partial charge in [-0.05, 0) is 30.1 Å². The van der Waals surface area contributed by atoms with Crippen LogP contribution in [0.25, 0.3) is 0 Å². The molecule has 6 heteroatoms. The van der Waals surface area contributed by atoms with Crippen molar-refractivity contribution in [2.45, 2.75) is 25.8 Å². The molecule has 1 saturated heterocycles. The second-order valence-corrected chi connectivity index (χ2v) is 3.44. The molecule has 1 fully saturated rings. The fraction of sp³-hybridized carbons (Fsp3) is 0.625. The van der Waals surface area contributed by atoms with Crippen molar-refractivity contribution in [2.24, 2.45) is 0 Å². The highest BCUT2D eigenvalue weighted by Gasteiger charge is 2.31. The van der Waals surface area contributed by atoms with Crippen LogP contribution in [0.4, 0.5) is 11.6 Å². The first-order chi connectivity index (χ1) is 6.70. The molecular weight excluding hydrogens is 184 g/mol. The first kappa shape index (κ1) is 8.98. The average Bonchev–Trinajstić information content (AvgIpc) is 2.70. The Bertz CT molecular complexity index is 349. The van der Waals surface area contributed by atoms with Crippen LogP contribution in [-0.2, 0) is 4.79 Å². The molecule has 14 heavy (non-hydrogen) atoms. The minimum atomic E-state index is -0.121. The van der Waals surface area contributed by atoms with Crippen molar-refractivity contribution in [1.29, 1.82) is 0 Å². The number of nitrogens with zero attached hydrogens (tertiary/aromatic N) is 3. The van der Waals surface area contributed by atoms with Crippen LogP contribution in [0.2, 0.25) is 0 Å². The van der Waals surface area contributed by atoms with Gasteiger partial charge in [0.15, 0.2) is 5.78 Å². The van der Waals surface area contributed by atoms with Gasteiger partial charge in [-0.2, -0.15) is 0 Å². The molecule has 6 nitrogen and oxygen atoms in total. The summed E-state index contributed by atoms with van der Waals surface area (Å²) in [5.74, 6) is 0.866. The van der Waals surface area contributed by atoms with Crippen LogP contribution in [0.1, 0.15) is 19.8 Å². The quantitative estimate of drug-likeness (QED) is 0.727. The summed E-state index contributed by atoms with van der Waals surface area (Å²) in [4.78, 5) is 13.2. The molecule has 1 unspecified atom stereocenters. The maximum atomic E-state index is 11.3. The van der Waals surface area contributed by atoms with E-state index in [-0.39, 0.29) is 17.6 Å². The standard InChI is InChI=1S/C8H12N4O2/c1-5(13)6-3-2-4-12(6)8-7(9)10-14-11-8/h6H,2-4H2,1H3,(H2,9,10). The lowest BCUT2D eigenvalue weighted by Gasteiger charge is -2.21. The largest absolute Gasteiger partial charge is 0.378 e. The van der Waals surface area contributed by atoms with E-state index in [1.807, 2.05) is 4.90 Å². The lowest BCUT2D eigenvalue weighted by molar-refractivity contribution is -0.118. The highest BCUT2D eigenvalue weighted by molar-refractivity contribution is 5.86. The van der Waals surface area contributed by atoms with Crippen LogP contribution < -0.4 is 10.6 Å². The summed E-state index contributed by atoms with van der Waals surface area (Å²) in [6.07, 6.45) is 1.82. The van der Waals surface area contributed by atoms with E-state index in [1.165, 1.54) is 0 Å². The van der Waals surface area contributed by atoms with Crippen LogP contribution >= 0.6 is 0 Å². The molecule has 1 aliphatic rings. The van der Waals surface area contributed by atoms with E-state index in [1.54, 1.807) is 6.92 Å². The second kappa shape index (κ2) is 3.28. The fourth-order valence-electron chi connectivity index (χ4n) is 1.83. The highest BCUT2D eigenvalue weighted by Crippen LogP contribution is 2.27. The average molecular weight is 196 g/mol. The monoisotopic (exact) mass is 196 g/mol. The number of ketones is 1. The molecule has 2 N–H and O–H groups in total. The number of Topliss-reactive ketones (excluding diaryl/α,β-unsaturated/α-hetero) is 1. The summed E-state index contributed by atoms with van der Waals surface area (Å²) in [5, 5.41) is 7.19. The molecule has 2 heterocycles. The van der Waals surface area contributed by atoms with Crippen LogP contribution in [0.15, 0.2) is 4.63 Å². The smallest absolute Gasteiger partial charge is 0.218 e. The molecule has 0 saturated carbocycles. The molecule has 0 bridgehead atoms. The predicted molar refractivity (Wildman–Crippen MR) is 49.8 cm³/mol. The Morgan fingerprint density at radius 1 is 1.64 bits per heavy atom. The summed E-state index contributed by atoms with van der Waals surface area (Å²) in [6.45, 7) is 2.36. The Labute approximate surface area is 81.0 Å². The summed E-state index contributed by atoms with van der Waals surface area (Å²) in [7, 11) is 0. The number of nitrogens with two attached hydrogens (primary N) is 1. The molecule has 0 aliphatic carbocycles.